The molecule has 0 saturated carbocycles. The average molecular weight is 771 g/mol. The number of benzene rings is 2. The molecule has 2 aromatic carbocycles. The summed E-state index contributed by atoms with van der Waals surface area (Å²) in [5.74, 6) is -0.0466. The second-order valence-corrected chi connectivity index (χ2v) is 17.5. The minimum absolute atomic E-state index is 0.0233. The van der Waals surface area contributed by atoms with Crippen LogP contribution in [0.5, 0.6) is 0 Å². The molecule has 6 nitrogen and oxygen atoms in total. The number of carbonyl (C=O) groups is 2. The van der Waals surface area contributed by atoms with Crippen LogP contribution < -0.4 is 0 Å². The topological polar surface area (TPSA) is 52.6 Å². The average Bonchev–Trinajstić information content (AvgIpc) is 3.20. The van der Waals surface area contributed by atoms with Crippen molar-refractivity contribution in [2.75, 3.05) is 65.6 Å². The van der Waals surface area contributed by atoms with Gasteiger partial charge < -0.3 is 18.4 Å². The molecule has 0 atom stereocenters. The Kier molecular flexibility index (Phi) is 20.5. The van der Waals surface area contributed by atoms with E-state index in [2.05, 4.69) is 88.4 Å². The van der Waals surface area contributed by atoms with E-state index in [-0.39, 0.29) is 11.9 Å². The van der Waals surface area contributed by atoms with Crippen molar-refractivity contribution < 1.29 is 28.0 Å². The van der Waals surface area contributed by atoms with Gasteiger partial charge in [-0.15, -0.1) is 0 Å². The summed E-state index contributed by atoms with van der Waals surface area (Å²) in [6.07, 6.45) is 25.6. The third-order valence-electron chi connectivity index (χ3n) is 12.3. The molecule has 0 unspecified atom stereocenters. The molecule has 6 heteroatoms. The molecule has 2 aliphatic rings. The largest absolute Gasteiger partial charge is 0.462 e. The third-order valence-corrected chi connectivity index (χ3v) is 12.3. The van der Waals surface area contributed by atoms with Crippen LogP contribution in [-0.2, 0) is 31.9 Å². The van der Waals surface area contributed by atoms with Gasteiger partial charge in [0.05, 0.1) is 52.5 Å². The summed E-state index contributed by atoms with van der Waals surface area (Å²) in [5, 5.41) is 0. The summed E-state index contributed by atoms with van der Waals surface area (Å²) in [6.45, 7) is 17.1. The number of nitrogens with zero attached hydrogens (tertiary/aromatic N) is 2. The van der Waals surface area contributed by atoms with Crippen LogP contribution in [0.25, 0.3) is 11.1 Å². The Bertz CT molecular complexity index is 1370. The molecule has 0 aromatic heterocycles. The second-order valence-electron chi connectivity index (χ2n) is 17.5. The monoisotopic (exact) mass is 771 g/mol. The number of esters is 2. The summed E-state index contributed by atoms with van der Waals surface area (Å²) < 4.78 is 13.1. The number of hydrogen-bond acceptors (Lipinski definition) is 4. The predicted molar refractivity (Wildman–Crippen MR) is 233 cm³/mol. The highest BCUT2D eigenvalue weighted by molar-refractivity contribution is 5.71. The van der Waals surface area contributed by atoms with Gasteiger partial charge in [-0.2, -0.15) is 0 Å². The van der Waals surface area contributed by atoms with Gasteiger partial charge in [0.15, 0.2) is 13.1 Å². The molecule has 2 aliphatic heterocycles. The first kappa shape index (κ1) is 45.5. The van der Waals surface area contributed by atoms with Crippen LogP contribution in [0, 0.1) is 0 Å². The fraction of sp³-hybridized carbons (Fsp3) is 0.640. The van der Waals surface area contributed by atoms with Crippen molar-refractivity contribution >= 4 is 11.9 Å². The Hall–Kier alpha value is -3.22. The fourth-order valence-electron chi connectivity index (χ4n) is 8.72. The fourth-order valence-corrected chi connectivity index (χ4v) is 8.72. The van der Waals surface area contributed by atoms with Gasteiger partial charge in [0.1, 0.15) is 0 Å². The van der Waals surface area contributed by atoms with Gasteiger partial charge in [-0.3, -0.25) is 0 Å². The number of rotatable bonds is 25. The number of allylic oxidation sites excluding steroid dienone is 2. The SMILES string of the molecule is CCCCCCCOC(=O)C[N+]1(C/C=C(\C)Cc2ccc(-c3ccc(C/C(C)=C/C[N+]4(CC(=O)OCCCCCCC)CCCCC4)cc3)cc2)CCCCC1. The molecule has 0 spiro atoms. The van der Waals surface area contributed by atoms with E-state index < -0.39 is 0 Å². The van der Waals surface area contributed by atoms with Gasteiger partial charge in [0, 0.05) is 0 Å². The molecule has 0 aliphatic carbocycles. The van der Waals surface area contributed by atoms with Crippen LogP contribution in [-0.4, -0.2) is 86.5 Å². The summed E-state index contributed by atoms with van der Waals surface area (Å²) in [7, 11) is 0. The molecule has 2 aromatic rings. The van der Waals surface area contributed by atoms with E-state index in [0.29, 0.717) is 26.3 Å². The van der Waals surface area contributed by atoms with Crippen LogP contribution >= 0.6 is 0 Å². The molecular formula is C50H78N2O4+2. The van der Waals surface area contributed by atoms with Crippen molar-refractivity contribution in [3.8, 4) is 11.1 Å². The third kappa shape index (κ3) is 16.7. The molecule has 2 saturated heterocycles. The highest BCUT2D eigenvalue weighted by Gasteiger charge is 2.33. The first-order valence-corrected chi connectivity index (χ1v) is 22.7. The Morgan fingerprint density at radius 2 is 0.875 bits per heavy atom. The van der Waals surface area contributed by atoms with Crippen molar-refractivity contribution in [2.45, 2.75) is 143 Å². The van der Waals surface area contributed by atoms with Crippen LogP contribution in [0.1, 0.15) is 142 Å². The smallest absolute Gasteiger partial charge is 0.361 e. The minimum Gasteiger partial charge on any atom is -0.462 e. The molecule has 0 radical (unpaired) electrons. The van der Waals surface area contributed by atoms with Gasteiger partial charge in [0.25, 0.3) is 0 Å². The number of unbranched alkanes of at least 4 members (excludes halogenated alkanes) is 8. The molecule has 2 heterocycles. The lowest BCUT2D eigenvalue weighted by molar-refractivity contribution is -0.920. The summed E-state index contributed by atoms with van der Waals surface area (Å²) in [6, 6.07) is 18.0. The zero-order valence-electron chi connectivity index (χ0n) is 36.1. The molecule has 310 valence electrons. The molecule has 4 rings (SSSR count). The van der Waals surface area contributed by atoms with E-state index in [1.807, 2.05) is 0 Å². The Labute approximate surface area is 341 Å². The highest BCUT2D eigenvalue weighted by atomic mass is 16.5. The summed E-state index contributed by atoms with van der Waals surface area (Å²) in [5.41, 5.74) is 7.83. The summed E-state index contributed by atoms with van der Waals surface area (Å²) in [4.78, 5) is 25.7. The lowest BCUT2D eigenvalue weighted by Gasteiger charge is -2.40. The van der Waals surface area contributed by atoms with E-state index >= 15 is 0 Å². The van der Waals surface area contributed by atoms with E-state index in [1.54, 1.807) is 0 Å². The first-order valence-electron chi connectivity index (χ1n) is 22.7. The van der Waals surface area contributed by atoms with E-state index in [4.69, 9.17) is 9.47 Å². The highest BCUT2D eigenvalue weighted by Crippen LogP contribution is 2.25. The van der Waals surface area contributed by atoms with Gasteiger partial charge in [-0.1, -0.05) is 125 Å². The van der Waals surface area contributed by atoms with Crippen LogP contribution in [0.3, 0.4) is 0 Å². The van der Waals surface area contributed by atoms with Gasteiger partial charge in [0.2, 0.25) is 0 Å². The van der Waals surface area contributed by atoms with Gasteiger partial charge in [-0.05, 0) is 112 Å². The number of piperidine rings is 2. The van der Waals surface area contributed by atoms with Crippen molar-refractivity contribution in [2.24, 2.45) is 0 Å². The predicted octanol–water partition coefficient (Wildman–Crippen LogP) is 11.4. The first-order chi connectivity index (χ1) is 27.2. The lowest BCUT2D eigenvalue weighted by Crippen LogP contribution is -2.54. The van der Waals surface area contributed by atoms with E-state index in [1.165, 1.54) is 110 Å². The van der Waals surface area contributed by atoms with Crippen molar-refractivity contribution in [3.05, 3.63) is 83.0 Å². The minimum atomic E-state index is -0.0233. The lowest BCUT2D eigenvalue weighted by atomic mass is 9.98. The maximum Gasteiger partial charge on any atom is 0.361 e. The molecule has 56 heavy (non-hydrogen) atoms. The van der Waals surface area contributed by atoms with Crippen molar-refractivity contribution in [3.63, 3.8) is 0 Å². The standard InChI is InChI=1S/C50H78N2O4/c1-5-7-9-11-19-37-55-49(53)41-51(31-15-13-16-32-51)35-29-43(3)39-45-21-25-47(26-22-45)48-27-23-46(24-28-48)40-44(4)30-36-52(33-17-14-18-34-52)42-50(54)56-38-20-12-10-8-6-2/h21-30H,5-20,31-42H2,1-4H3/q+2/b43-29+,44-30+. The van der Waals surface area contributed by atoms with Crippen molar-refractivity contribution in [1.29, 1.82) is 0 Å². The second kappa shape index (κ2) is 25.2. The Morgan fingerprint density at radius 3 is 1.23 bits per heavy atom. The Balaban J connectivity index is 1.25. The molecule has 0 bridgehead atoms. The molecule has 0 N–H and O–H groups in total. The van der Waals surface area contributed by atoms with Crippen LogP contribution in [0.15, 0.2) is 71.8 Å². The number of hydrogen-bond donors (Lipinski definition) is 0. The molecular weight excluding hydrogens is 693 g/mol. The zero-order valence-corrected chi connectivity index (χ0v) is 36.1. The number of likely N-dealkylation sites (tertiary alicyclic amines) is 2. The van der Waals surface area contributed by atoms with Gasteiger partial charge in [-0.25, -0.2) is 9.59 Å². The van der Waals surface area contributed by atoms with E-state index in [0.717, 1.165) is 86.8 Å². The van der Waals surface area contributed by atoms with Crippen LogP contribution in [0.2, 0.25) is 0 Å². The normalized spacial score (nSPS) is 17.1. The molecule has 2 fully saturated rings. The maximum atomic E-state index is 12.9. The van der Waals surface area contributed by atoms with Crippen molar-refractivity contribution in [1.82, 2.24) is 0 Å². The molecule has 0 amide bonds. The number of carbonyl (C=O) groups excluding carboxylic acids is 2. The van der Waals surface area contributed by atoms with Gasteiger partial charge >= 0.3 is 11.9 Å². The summed E-state index contributed by atoms with van der Waals surface area (Å²) >= 11 is 0. The van der Waals surface area contributed by atoms with Crippen LogP contribution in [0.4, 0.5) is 0 Å². The number of quaternary nitrogens is 2. The quantitative estimate of drug-likeness (QED) is 0.0437. The number of ether oxygens (including phenoxy) is 2. The van der Waals surface area contributed by atoms with E-state index in [9.17, 15) is 9.59 Å². The maximum absolute atomic E-state index is 12.9. The zero-order chi connectivity index (χ0) is 39.9. The Morgan fingerprint density at radius 1 is 0.518 bits per heavy atom.